The number of thioether (sulfide) groups is 1. The molecule has 0 saturated carbocycles. The summed E-state index contributed by atoms with van der Waals surface area (Å²) in [5.74, 6) is 1.18. The van der Waals surface area contributed by atoms with Crippen LogP contribution < -0.4 is 15.0 Å². The highest BCUT2D eigenvalue weighted by Gasteiger charge is 2.08. The maximum absolute atomic E-state index is 5.71. The lowest BCUT2D eigenvalue weighted by Gasteiger charge is -2.13. The first-order chi connectivity index (χ1) is 9.62. The van der Waals surface area contributed by atoms with E-state index in [-0.39, 0.29) is 6.01 Å². The molecule has 0 bridgehead atoms. The van der Waals surface area contributed by atoms with Gasteiger partial charge in [0, 0.05) is 32.9 Å². The molecule has 106 valence electrons. The van der Waals surface area contributed by atoms with E-state index in [1.54, 1.807) is 7.05 Å². The van der Waals surface area contributed by atoms with Gasteiger partial charge in [-0.3, -0.25) is 0 Å². The van der Waals surface area contributed by atoms with E-state index in [2.05, 4.69) is 20.3 Å². The summed E-state index contributed by atoms with van der Waals surface area (Å²) in [7, 11) is 5.72. The summed E-state index contributed by atoms with van der Waals surface area (Å²) in [6.07, 6.45) is 1.91. The molecule has 1 aromatic carbocycles. The van der Waals surface area contributed by atoms with Crippen molar-refractivity contribution in [2.24, 2.45) is 0 Å². The molecule has 0 radical (unpaired) electrons. The summed E-state index contributed by atoms with van der Waals surface area (Å²) in [6, 6.07) is 8.02. The summed E-state index contributed by atoms with van der Waals surface area (Å²) >= 11 is 1.44. The third-order valence-corrected chi connectivity index (χ3v) is 3.09. The van der Waals surface area contributed by atoms with E-state index in [4.69, 9.17) is 4.74 Å². The van der Waals surface area contributed by atoms with Crippen molar-refractivity contribution in [3.63, 3.8) is 0 Å². The molecule has 0 spiro atoms. The highest BCUT2D eigenvalue weighted by atomic mass is 32.2. The minimum atomic E-state index is 0.282. The molecule has 0 aliphatic heterocycles. The Bertz CT molecular complexity index is 568. The monoisotopic (exact) mass is 291 g/mol. The Kier molecular flexibility index (Phi) is 4.62. The van der Waals surface area contributed by atoms with Crippen LogP contribution in [0.15, 0.2) is 29.4 Å². The summed E-state index contributed by atoms with van der Waals surface area (Å²) < 4.78 is 5.71. The largest absolute Gasteiger partial charge is 0.424 e. The van der Waals surface area contributed by atoms with Gasteiger partial charge in [0.25, 0.3) is 0 Å². The number of nitrogens with one attached hydrogen (secondary N) is 1. The molecule has 7 heteroatoms. The van der Waals surface area contributed by atoms with Crippen LogP contribution in [-0.2, 0) is 0 Å². The van der Waals surface area contributed by atoms with Crippen LogP contribution in [0.2, 0.25) is 0 Å². The summed E-state index contributed by atoms with van der Waals surface area (Å²) in [5.41, 5.74) is 1.05. The predicted molar refractivity (Wildman–Crippen MR) is 82.0 cm³/mol. The van der Waals surface area contributed by atoms with E-state index in [0.29, 0.717) is 16.9 Å². The number of rotatable bonds is 5. The molecule has 1 N–H and O–H groups in total. The SMILES string of the molecule is CNc1nc(Oc2cccc(N(C)C)c2)nc(SC)n1. The van der Waals surface area contributed by atoms with Gasteiger partial charge >= 0.3 is 6.01 Å². The third-order valence-electron chi connectivity index (χ3n) is 2.54. The maximum Gasteiger partial charge on any atom is 0.327 e. The molecule has 0 aliphatic carbocycles. The molecule has 1 heterocycles. The lowest BCUT2D eigenvalue weighted by atomic mass is 10.3. The van der Waals surface area contributed by atoms with E-state index >= 15 is 0 Å². The molecular formula is C13H17N5OS. The molecule has 2 aromatic rings. The van der Waals surface area contributed by atoms with Gasteiger partial charge in [-0.2, -0.15) is 15.0 Å². The lowest BCUT2D eigenvalue weighted by Crippen LogP contribution is -2.08. The first-order valence-corrected chi connectivity index (χ1v) is 7.28. The van der Waals surface area contributed by atoms with E-state index < -0.39 is 0 Å². The summed E-state index contributed by atoms with van der Waals surface area (Å²) in [5, 5.41) is 3.51. The number of anilines is 2. The van der Waals surface area contributed by atoms with Crippen molar-refractivity contribution in [3.05, 3.63) is 24.3 Å². The Morgan fingerprint density at radius 2 is 2.00 bits per heavy atom. The molecule has 0 aliphatic rings. The molecule has 0 unspecified atom stereocenters. The van der Waals surface area contributed by atoms with Gasteiger partial charge in [-0.1, -0.05) is 17.8 Å². The van der Waals surface area contributed by atoms with Crippen molar-refractivity contribution >= 4 is 23.4 Å². The topological polar surface area (TPSA) is 63.2 Å². The molecular weight excluding hydrogens is 274 g/mol. The Labute approximate surface area is 122 Å². The standard InChI is InChI=1S/C13H17N5OS/c1-14-11-15-12(17-13(16-11)20-4)19-10-7-5-6-9(8-10)18(2)3/h5-8H,1-4H3,(H,14,15,16,17). The molecule has 0 fully saturated rings. The Balaban J connectivity index is 2.27. The van der Waals surface area contributed by atoms with Crippen LogP contribution in [0.5, 0.6) is 11.8 Å². The van der Waals surface area contributed by atoms with Gasteiger partial charge in [0.15, 0.2) is 5.16 Å². The fraction of sp³-hybridized carbons (Fsp3) is 0.308. The van der Waals surface area contributed by atoms with Crippen LogP contribution in [0.1, 0.15) is 0 Å². The number of aromatic nitrogens is 3. The smallest absolute Gasteiger partial charge is 0.327 e. The van der Waals surface area contributed by atoms with Gasteiger partial charge in [0.2, 0.25) is 5.95 Å². The average Bonchev–Trinajstić information content (AvgIpc) is 2.47. The van der Waals surface area contributed by atoms with Crippen LogP contribution in [-0.4, -0.2) is 42.4 Å². The van der Waals surface area contributed by atoms with Crippen LogP contribution in [0.3, 0.4) is 0 Å². The Morgan fingerprint density at radius 3 is 2.65 bits per heavy atom. The number of ether oxygens (including phenoxy) is 1. The minimum absolute atomic E-state index is 0.282. The Morgan fingerprint density at radius 1 is 1.20 bits per heavy atom. The van der Waals surface area contributed by atoms with Crippen molar-refractivity contribution in [3.8, 4) is 11.8 Å². The van der Waals surface area contributed by atoms with E-state index in [0.717, 1.165) is 5.69 Å². The lowest BCUT2D eigenvalue weighted by molar-refractivity contribution is 0.434. The number of nitrogens with zero attached hydrogens (tertiary/aromatic N) is 4. The first-order valence-electron chi connectivity index (χ1n) is 6.05. The number of hydrogen-bond acceptors (Lipinski definition) is 7. The van der Waals surface area contributed by atoms with Gasteiger partial charge < -0.3 is 15.0 Å². The highest BCUT2D eigenvalue weighted by molar-refractivity contribution is 7.98. The number of benzene rings is 1. The van der Waals surface area contributed by atoms with E-state index in [9.17, 15) is 0 Å². The zero-order valence-corrected chi connectivity index (χ0v) is 12.7. The molecule has 0 atom stereocenters. The zero-order valence-electron chi connectivity index (χ0n) is 11.9. The zero-order chi connectivity index (χ0) is 14.5. The molecule has 0 saturated heterocycles. The molecule has 6 nitrogen and oxygen atoms in total. The molecule has 0 amide bonds. The first kappa shape index (κ1) is 14.4. The van der Waals surface area contributed by atoms with Gasteiger partial charge in [-0.05, 0) is 18.4 Å². The molecule has 20 heavy (non-hydrogen) atoms. The fourth-order valence-electron chi connectivity index (χ4n) is 1.52. The number of hydrogen-bond donors (Lipinski definition) is 1. The third kappa shape index (κ3) is 3.51. The van der Waals surface area contributed by atoms with Crippen molar-refractivity contribution in [2.45, 2.75) is 5.16 Å². The van der Waals surface area contributed by atoms with Crippen molar-refractivity contribution < 1.29 is 4.74 Å². The Hall–Kier alpha value is -2.02. The maximum atomic E-state index is 5.71. The van der Waals surface area contributed by atoms with Crippen LogP contribution in [0.25, 0.3) is 0 Å². The average molecular weight is 291 g/mol. The van der Waals surface area contributed by atoms with Crippen molar-refractivity contribution in [1.82, 2.24) is 15.0 Å². The van der Waals surface area contributed by atoms with Crippen molar-refractivity contribution in [1.29, 1.82) is 0 Å². The minimum Gasteiger partial charge on any atom is -0.424 e. The second kappa shape index (κ2) is 6.42. The van der Waals surface area contributed by atoms with Crippen LogP contribution in [0.4, 0.5) is 11.6 Å². The normalized spacial score (nSPS) is 10.2. The van der Waals surface area contributed by atoms with Gasteiger partial charge in [0.1, 0.15) is 5.75 Å². The fourth-order valence-corrected chi connectivity index (χ4v) is 1.86. The van der Waals surface area contributed by atoms with Crippen LogP contribution >= 0.6 is 11.8 Å². The second-order valence-corrected chi connectivity index (χ2v) is 4.95. The van der Waals surface area contributed by atoms with Gasteiger partial charge in [0.05, 0.1) is 0 Å². The summed E-state index contributed by atoms with van der Waals surface area (Å²) in [6.45, 7) is 0. The van der Waals surface area contributed by atoms with Crippen LogP contribution in [0, 0.1) is 0 Å². The molecule has 1 aromatic heterocycles. The van der Waals surface area contributed by atoms with Gasteiger partial charge in [-0.25, -0.2) is 0 Å². The quantitative estimate of drug-likeness (QED) is 0.849. The second-order valence-electron chi connectivity index (χ2n) is 4.17. The van der Waals surface area contributed by atoms with E-state index in [1.807, 2.05) is 49.5 Å². The highest BCUT2D eigenvalue weighted by Crippen LogP contribution is 2.24. The summed E-state index contributed by atoms with van der Waals surface area (Å²) in [4.78, 5) is 14.6. The van der Waals surface area contributed by atoms with Crippen molar-refractivity contribution in [2.75, 3.05) is 37.6 Å². The predicted octanol–water partition coefficient (Wildman–Crippen LogP) is 2.49. The van der Waals surface area contributed by atoms with E-state index in [1.165, 1.54) is 11.8 Å². The van der Waals surface area contributed by atoms with Gasteiger partial charge in [-0.15, -0.1) is 0 Å². The molecule has 2 rings (SSSR count).